The summed E-state index contributed by atoms with van der Waals surface area (Å²) in [5.74, 6) is 0.372. The van der Waals surface area contributed by atoms with Crippen molar-refractivity contribution < 1.29 is 0 Å². The highest BCUT2D eigenvalue weighted by molar-refractivity contribution is 8.11. The molecule has 1 aromatic rings. The lowest BCUT2D eigenvalue weighted by molar-refractivity contribution is 0.448. The van der Waals surface area contributed by atoms with E-state index in [1.807, 2.05) is 6.92 Å². The summed E-state index contributed by atoms with van der Waals surface area (Å²) in [5.41, 5.74) is 1.43. The molecular formula is C15H16N2S2. The van der Waals surface area contributed by atoms with E-state index in [4.69, 9.17) is 17.5 Å². The highest BCUT2D eigenvalue weighted by Crippen LogP contribution is 2.34. The molecule has 0 aliphatic carbocycles. The Morgan fingerprint density at radius 2 is 2.05 bits per heavy atom. The molecule has 98 valence electrons. The molecule has 1 atom stereocenters. The number of thiocarbonyl (C=S) groups is 1. The number of rotatable bonds is 4. The minimum atomic E-state index is -0.664. The smallest absolute Gasteiger partial charge is 0.0991 e. The van der Waals surface area contributed by atoms with Crippen molar-refractivity contribution in [3.63, 3.8) is 0 Å². The molecule has 0 radical (unpaired) electrons. The molecule has 0 amide bonds. The van der Waals surface area contributed by atoms with Crippen molar-refractivity contribution >= 4 is 29.0 Å². The van der Waals surface area contributed by atoms with E-state index in [1.54, 1.807) is 18.2 Å². The third kappa shape index (κ3) is 3.56. The first-order valence-corrected chi connectivity index (χ1v) is 6.88. The molecule has 19 heavy (non-hydrogen) atoms. The third-order valence-electron chi connectivity index (χ3n) is 3.04. The van der Waals surface area contributed by atoms with E-state index < -0.39 is 5.41 Å². The Morgan fingerprint density at radius 3 is 2.47 bits per heavy atom. The number of thiol groups is 1. The Balaban J connectivity index is 3.49. The molecule has 2 nitrogen and oxygen atoms in total. The molecule has 4 heteroatoms. The van der Waals surface area contributed by atoms with E-state index in [1.165, 1.54) is 0 Å². The van der Waals surface area contributed by atoms with Gasteiger partial charge in [-0.2, -0.15) is 10.5 Å². The van der Waals surface area contributed by atoms with Crippen LogP contribution in [0.3, 0.4) is 0 Å². The standard InChI is InChI=1S/C15H16N2S2/c1-10(2)7-15(3,9-17)13-6-11(8-16)4-5-12(13)14(18)19/h4-6,10H,7H2,1-3H3,(H,18,19). The Hall–Kier alpha value is -1.36. The second-order valence-electron chi connectivity index (χ2n) is 5.22. The first-order valence-electron chi connectivity index (χ1n) is 6.03. The van der Waals surface area contributed by atoms with E-state index in [0.29, 0.717) is 22.1 Å². The molecule has 1 aromatic carbocycles. The fraction of sp³-hybridized carbons (Fsp3) is 0.400. The van der Waals surface area contributed by atoms with Crippen molar-refractivity contribution in [2.24, 2.45) is 5.92 Å². The van der Waals surface area contributed by atoms with Gasteiger partial charge in [0, 0.05) is 5.56 Å². The van der Waals surface area contributed by atoms with Gasteiger partial charge in [0.25, 0.3) is 0 Å². The van der Waals surface area contributed by atoms with Crippen LogP contribution in [0.4, 0.5) is 0 Å². The third-order valence-corrected chi connectivity index (χ3v) is 3.50. The van der Waals surface area contributed by atoms with Crippen LogP contribution in [0, 0.1) is 28.6 Å². The highest BCUT2D eigenvalue weighted by atomic mass is 32.1. The van der Waals surface area contributed by atoms with Crippen LogP contribution in [-0.4, -0.2) is 4.20 Å². The van der Waals surface area contributed by atoms with Gasteiger partial charge in [-0.1, -0.05) is 32.1 Å². The fourth-order valence-electron chi connectivity index (χ4n) is 2.29. The van der Waals surface area contributed by atoms with Crippen molar-refractivity contribution in [2.45, 2.75) is 32.6 Å². The van der Waals surface area contributed by atoms with E-state index in [2.05, 4.69) is 38.6 Å². The monoisotopic (exact) mass is 288 g/mol. The van der Waals surface area contributed by atoms with Gasteiger partial charge in [0.05, 0.1) is 27.3 Å². The predicted octanol–water partition coefficient (Wildman–Crippen LogP) is 3.99. The van der Waals surface area contributed by atoms with Crippen LogP contribution in [0.1, 0.15) is 43.9 Å². The summed E-state index contributed by atoms with van der Waals surface area (Å²) in [5, 5.41) is 18.6. The van der Waals surface area contributed by atoms with E-state index in [9.17, 15) is 5.26 Å². The van der Waals surface area contributed by atoms with Gasteiger partial charge < -0.3 is 0 Å². The van der Waals surface area contributed by atoms with Crippen LogP contribution in [-0.2, 0) is 5.41 Å². The molecule has 0 aliphatic heterocycles. The second-order valence-corrected chi connectivity index (χ2v) is 6.38. The highest BCUT2D eigenvalue weighted by Gasteiger charge is 2.30. The summed E-state index contributed by atoms with van der Waals surface area (Å²) in [6.07, 6.45) is 0.710. The molecule has 0 heterocycles. The fourth-order valence-corrected chi connectivity index (χ4v) is 2.66. The zero-order valence-electron chi connectivity index (χ0n) is 11.3. The molecule has 0 aromatic heterocycles. The maximum absolute atomic E-state index is 9.56. The lowest BCUT2D eigenvalue weighted by Crippen LogP contribution is -2.24. The van der Waals surface area contributed by atoms with Gasteiger partial charge >= 0.3 is 0 Å². The van der Waals surface area contributed by atoms with Crippen LogP contribution >= 0.6 is 24.8 Å². The molecule has 0 N–H and O–H groups in total. The summed E-state index contributed by atoms with van der Waals surface area (Å²) in [6.45, 7) is 6.03. The number of nitriles is 2. The zero-order valence-corrected chi connectivity index (χ0v) is 13.0. The largest absolute Gasteiger partial charge is 0.197 e. The van der Waals surface area contributed by atoms with Crippen LogP contribution in [0.15, 0.2) is 18.2 Å². The molecule has 0 saturated heterocycles. The molecule has 1 unspecified atom stereocenters. The maximum atomic E-state index is 9.56. The molecule has 1 rings (SSSR count). The number of hydrogen-bond acceptors (Lipinski definition) is 3. The normalized spacial score (nSPS) is 13.4. The molecular weight excluding hydrogens is 272 g/mol. The number of hydrogen-bond donors (Lipinski definition) is 1. The topological polar surface area (TPSA) is 47.6 Å². The number of nitrogens with zero attached hydrogens (tertiary/aromatic N) is 2. The van der Waals surface area contributed by atoms with Crippen molar-refractivity contribution in [3.05, 3.63) is 34.9 Å². The van der Waals surface area contributed by atoms with Gasteiger partial charge in [-0.25, -0.2) is 0 Å². The minimum Gasteiger partial charge on any atom is -0.197 e. The molecule has 0 spiro atoms. The van der Waals surface area contributed by atoms with Crippen LogP contribution < -0.4 is 0 Å². The molecule has 0 fully saturated rings. The van der Waals surface area contributed by atoms with Crippen molar-refractivity contribution in [2.75, 3.05) is 0 Å². The van der Waals surface area contributed by atoms with Gasteiger partial charge in [0.2, 0.25) is 0 Å². The lowest BCUT2D eigenvalue weighted by atomic mass is 9.75. The second kappa shape index (κ2) is 6.19. The van der Waals surface area contributed by atoms with Gasteiger partial charge in [-0.05, 0) is 37.0 Å². The van der Waals surface area contributed by atoms with Gasteiger partial charge in [0.1, 0.15) is 0 Å². The zero-order chi connectivity index (χ0) is 14.6. The van der Waals surface area contributed by atoms with Crippen LogP contribution in [0.5, 0.6) is 0 Å². The minimum absolute atomic E-state index is 0.372. The SMILES string of the molecule is CC(C)CC(C)(C#N)c1cc(C#N)ccc1C(=S)S. The quantitative estimate of drug-likeness (QED) is 0.673. The van der Waals surface area contributed by atoms with E-state index in [-0.39, 0.29) is 0 Å². The van der Waals surface area contributed by atoms with Crippen molar-refractivity contribution in [3.8, 4) is 12.1 Å². The first-order chi connectivity index (χ1) is 8.84. The average molecular weight is 288 g/mol. The molecule has 0 aliphatic rings. The summed E-state index contributed by atoms with van der Waals surface area (Å²) in [6, 6.07) is 9.71. The van der Waals surface area contributed by atoms with E-state index >= 15 is 0 Å². The summed E-state index contributed by atoms with van der Waals surface area (Å²) < 4.78 is 0.449. The Morgan fingerprint density at radius 1 is 1.42 bits per heavy atom. The summed E-state index contributed by atoms with van der Waals surface area (Å²) >= 11 is 9.35. The van der Waals surface area contributed by atoms with Crippen LogP contribution in [0.25, 0.3) is 0 Å². The van der Waals surface area contributed by atoms with Crippen molar-refractivity contribution in [1.29, 1.82) is 10.5 Å². The predicted molar refractivity (Wildman–Crippen MR) is 84.3 cm³/mol. The average Bonchev–Trinajstić information content (AvgIpc) is 2.36. The van der Waals surface area contributed by atoms with Gasteiger partial charge in [0.15, 0.2) is 0 Å². The van der Waals surface area contributed by atoms with Gasteiger partial charge in [-0.15, -0.1) is 12.6 Å². The molecule has 0 saturated carbocycles. The number of benzene rings is 1. The Labute approximate surface area is 125 Å². The van der Waals surface area contributed by atoms with E-state index in [0.717, 1.165) is 11.1 Å². The lowest BCUT2D eigenvalue weighted by Gasteiger charge is -2.26. The van der Waals surface area contributed by atoms with Gasteiger partial charge in [-0.3, -0.25) is 0 Å². The molecule has 0 bridgehead atoms. The summed E-state index contributed by atoms with van der Waals surface area (Å²) in [4.78, 5) is 0. The first kappa shape index (κ1) is 15.7. The van der Waals surface area contributed by atoms with Crippen molar-refractivity contribution in [1.82, 2.24) is 0 Å². The Bertz CT molecular complexity index is 579. The Kier molecular flexibility index (Phi) is 5.11. The van der Waals surface area contributed by atoms with Crippen LogP contribution in [0.2, 0.25) is 0 Å². The summed E-state index contributed by atoms with van der Waals surface area (Å²) in [7, 11) is 0. The maximum Gasteiger partial charge on any atom is 0.0991 e.